The van der Waals surface area contributed by atoms with E-state index in [0.29, 0.717) is 13.2 Å². The van der Waals surface area contributed by atoms with Crippen LogP contribution in [-0.4, -0.2) is 29.8 Å². The molecule has 0 saturated heterocycles. The van der Waals surface area contributed by atoms with Gasteiger partial charge in [0.25, 0.3) is 0 Å². The Labute approximate surface area is 136 Å². The standard InChI is InChI=1S/C13H22N4O2.HI/c1-13(2,3)18-9-11-7-10(17-19-11)8-16-12-14-5-4-6-15-12;/h7H,4-6,8-9H2,1-3H3,(H2,14,15,16);1H. The lowest BCUT2D eigenvalue weighted by Crippen LogP contribution is -2.40. The molecule has 0 fully saturated rings. The number of rotatable bonds is 4. The maximum Gasteiger partial charge on any atom is 0.191 e. The zero-order valence-electron chi connectivity index (χ0n) is 12.2. The fraction of sp³-hybridized carbons (Fsp3) is 0.692. The first-order valence-corrected chi connectivity index (χ1v) is 6.63. The van der Waals surface area contributed by atoms with Crippen LogP contribution in [0.15, 0.2) is 15.6 Å². The number of ether oxygens (including phenoxy) is 1. The number of nitrogens with zero attached hydrogens (tertiary/aromatic N) is 2. The molecule has 0 amide bonds. The molecule has 1 aromatic rings. The molecule has 1 aliphatic rings. The number of aliphatic imine (C=N–C) groups is 1. The van der Waals surface area contributed by atoms with Crippen molar-refractivity contribution in [2.45, 2.75) is 45.9 Å². The lowest BCUT2D eigenvalue weighted by Gasteiger charge is -2.17. The van der Waals surface area contributed by atoms with Gasteiger partial charge in [-0.2, -0.15) is 0 Å². The molecule has 6 nitrogen and oxygen atoms in total. The van der Waals surface area contributed by atoms with Gasteiger partial charge in [0.15, 0.2) is 11.7 Å². The molecule has 0 saturated carbocycles. The Morgan fingerprint density at radius 1 is 1.45 bits per heavy atom. The number of aromatic nitrogens is 1. The minimum atomic E-state index is -0.175. The molecular formula is C13H23IN4O2. The van der Waals surface area contributed by atoms with E-state index >= 15 is 0 Å². The molecule has 1 aliphatic heterocycles. The number of guanidine groups is 1. The fourth-order valence-electron chi connectivity index (χ4n) is 1.62. The van der Waals surface area contributed by atoms with Crippen molar-refractivity contribution in [3.8, 4) is 0 Å². The molecule has 2 heterocycles. The highest BCUT2D eigenvalue weighted by Crippen LogP contribution is 2.12. The Kier molecular flexibility index (Phi) is 6.74. The number of halogens is 1. The smallest absolute Gasteiger partial charge is 0.191 e. The highest BCUT2D eigenvalue weighted by molar-refractivity contribution is 14.0. The summed E-state index contributed by atoms with van der Waals surface area (Å²) in [5.74, 6) is 1.58. The Bertz CT molecular complexity index is 440. The molecule has 0 radical (unpaired) electrons. The minimum Gasteiger partial charge on any atom is -0.368 e. The van der Waals surface area contributed by atoms with Crippen LogP contribution in [0.25, 0.3) is 0 Å². The Morgan fingerprint density at radius 3 is 2.90 bits per heavy atom. The van der Waals surface area contributed by atoms with Gasteiger partial charge in [0, 0.05) is 19.2 Å². The highest BCUT2D eigenvalue weighted by Gasteiger charge is 2.13. The van der Waals surface area contributed by atoms with Crippen molar-refractivity contribution in [3.63, 3.8) is 0 Å². The van der Waals surface area contributed by atoms with Gasteiger partial charge in [0.1, 0.15) is 12.3 Å². The van der Waals surface area contributed by atoms with Gasteiger partial charge in [0.2, 0.25) is 0 Å². The number of hydrogen-bond acceptors (Lipinski definition) is 6. The third-order valence-electron chi connectivity index (χ3n) is 2.59. The van der Waals surface area contributed by atoms with Gasteiger partial charge in [-0.25, -0.2) is 0 Å². The van der Waals surface area contributed by atoms with Crippen LogP contribution in [0.1, 0.15) is 38.6 Å². The van der Waals surface area contributed by atoms with Crippen molar-refractivity contribution in [1.82, 2.24) is 15.8 Å². The predicted octanol–water partition coefficient (Wildman–Crippen LogP) is 2.05. The van der Waals surface area contributed by atoms with Crippen molar-refractivity contribution in [2.75, 3.05) is 13.1 Å². The Balaban J connectivity index is 0.00000200. The monoisotopic (exact) mass is 394 g/mol. The van der Waals surface area contributed by atoms with Gasteiger partial charge in [0.05, 0.1) is 12.1 Å². The van der Waals surface area contributed by atoms with Gasteiger partial charge in [-0.1, -0.05) is 5.16 Å². The zero-order valence-corrected chi connectivity index (χ0v) is 14.6. The quantitative estimate of drug-likeness (QED) is 0.765. The summed E-state index contributed by atoms with van der Waals surface area (Å²) < 4.78 is 10.9. The second-order valence-corrected chi connectivity index (χ2v) is 5.55. The first-order valence-electron chi connectivity index (χ1n) is 6.63. The van der Waals surface area contributed by atoms with E-state index in [9.17, 15) is 0 Å². The lowest BCUT2D eigenvalue weighted by atomic mass is 10.2. The summed E-state index contributed by atoms with van der Waals surface area (Å²) in [5.41, 5.74) is 0.675. The van der Waals surface area contributed by atoms with E-state index in [1.807, 2.05) is 26.8 Å². The summed E-state index contributed by atoms with van der Waals surface area (Å²) in [6.45, 7) is 8.92. The van der Waals surface area contributed by atoms with E-state index in [1.54, 1.807) is 0 Å². The van der Waals surface area contributed by atoms with Crippen LogP contribution < -0.4 is 10.6 Å². The van der Waals surface area contributed by atoms with E-state index in [0.717, 1.165) is 36.9 Å². The molecule has 1 aromatic heterocycles. The van der Waals surface area contributed by atoms with Crippen molar-refractivity contribution in [3.05, 3.63) is 17.5 Å². The topological polar surface area (TPSA) is 71.7 Å². The van der Waals surface area contributed by atoms with E-state index in [4.69, 9.17) is 9.26 Å². The van der Waals surface area contributed by atoms with Gasteiger partial charge in [-0.3, -0.25) is 4.99 Å². The zero-order chi connectivity index (χ0) is 13.7. The van der Waals surface area contributed by atoms with Crippen LogP contribution in [-0.2, 0) is 17.9 Å². The second kappa shape index (κ2) is 7.82. The summed E-state index contributed by atoms with van der Waals surface area (Å²) in [5, 5.41) is 10.4. The SMILES string of the molecule is CC(C)(C)OCc1cc(CNC2=NCCCN2)no1.I. The Morgan fingerprint density at radius 2 is 2.25 bits per heavy atom. The second-order valence-electron chi connectivity index (χ2n) is 5.55. The highest BCUT2D eigenvalue weighted by atomic mass is 127. The molecule has 20 heavy (non-hydrogen) atoms. The molecule has 7 heteroatoms. The van der Waals surface area contributed by atoms with Crippen molar-refractivity contribution >= 4 is 29.9 Å². The molecule has 0 unspecified atom stereocenters. The van der Waals surface area contributed by atoms with Gasteiger partial charge < -0.3 is 19.9 Å². The molecular weight excluding hydrogens is 371 g/mol. The summed E-state index contributed by atoms with van der Waals surface area (Å²) >= 11 is 0. The van der Waals surface area contributed by atoms with Crippen LogP contribution in [0.2, 0.25) is 0 Å². The molecule has 114 valence electrons. The molecule has 0 spiro atoms. The fourth-order valence-corrected chi connectivity index (χ4v) is 1.62. The maximum absolute atomic E-state index is 5.63. The molecule has 0 aliphatic carbocycles. The van der Waals surface area contributed by atoms with Crippen LogP contribution in [0.5, 0.6) is 0 Å². The summed E-state index contributed by atoms with van der Waals surface area (Å²) in [4.78, 5) is 4.33. The molecule has 0 bridgehead atoms. The summed E-state index contributed by atoms with van der Waals surface area (Å²) in [6.07, 6.45) is 1.09. The third kappa shape index (κ3) is 6.08. The van der Waals surface area contributed by atoms with Crippen LogP contribution in [0, 0.1) is 0 Å². The van der Waals surface area contributed by atoms with Crippen LogP contribution >= 0.6 is 24.0 Å². The third-order valence-corrected chi connectivity index (χ3v) is 2.59. The predicted molar refractivity (Wildman–Crippen MR) is 88.2 cm³/mol. The first kappa shape index (κ1) is 17.2. The summed E-state index contributed by atoms with van der Waals surface area (Å²) in [7, 11) is 0. The number of nitrogens with one attached hydrogen (secondary N) is 2. The minimum absolute atomic E-state index is 0. The van der Waals surface area contributed by atoms with E-state index in [-0.39, 0.29) is 29.6 Å². The van der Waals surface area contributed by atoms with Crippen molar-refractivity contribution < 1.29 is 9.26 Å². The largest absolute Gasteiger partial charge is 0.368 e. The maximum atomic E-state index is 5.63. The lowest BCUT2D eigenvalue weighted by molar-refractivity contribution is -0.0241. The molecule has 2 N–H and O–H groups in total. The van der Waals surface area contributed by atoms with Crippen LogP contribution in [0.4, 0.5) is 0 Å². The van der Waals surface area contributed by atoms with Crippen LogP contribution in [0.3, 0.4) is 0 Å². The van der Waals surface area contributed by atoms with E-state index in [1.165, 1.54) is 0 Å². The molecule has 0 aromatic carbocycles. The summed E-state index contributed by atoms with van der Waals surface area (Å²) in [6, 6.07) is 1.90. The average molecular weight is 394 g/mol. The van der Waals surface area contributed by atoms with E-state index < -0.39 is 0 Å². The van der Waals surface area contributed by atoms with Crippen molar-refractivity contribution in [2.24, 2.45) is 4.99 Å². The molecule has 2 rings (SSSR count). The van der Waals surface area contributed by atoms with E-state index in [2.05, 4.69) is 20.8 Å². The number of hydrogen-bond donors (Lipinski definition) is 2. The normalized spacial score (nSPS) is 15.1. The van der Waals surface area contributed by atoms with Gasteiger partial charge in [-0.15, -0.1) is 24.0 Å². The van der Waals surface area contributed by atoms with Gasteiger partial charge in [-0.05, 0) is 27.2 Å². The van der Waals surface area contributed by atoms with Crippen molar-refractivity contribution in [1.29, 1.82) is 0 Å². The molecule has 0 atom stereocenters. The average Bonchev–Trinajstić information content (AvgIpc) is 2.82. The Hall–Kier alpha value is -0.830. The first-order chi connectivity index (χ1) is 9.03. The van der Waals surface area contributed by atoms with Gasteiger partial charge >= 0.3 is 0 Å².